The highest BCUT2D eigenvalue weighted by atomic mass is 79.9. The van der Waals surface area contributed by atoms with E-state index < -0.39 is 0 Å². The smallest absolute Gasteiger partial charge is 0.151 e. The van der Waals surface area contributed by atoms with E-state index in [1.54, 1.807) is 12.1 Å². The van der Waals surface area contributed by atoms with Gasteiger partial charge in [0.05, 0.1) is 15.9 Å². The molecule has 0 aliphatic rings. The van der Waals surface area contributed by atoms with Gasteiger partial charge in [-0.1, -0.05) is 20.8 Å². The molecule has 0 amide bonds. The van der Waals surface area contributed by atoms with Crippen LogP contribution in [0.15, 0.2) is 27.1 Å². The maximum Gasteiger partial charge on any atom is 0.151 e. The maximum absolute atomic E-state index is 13.6. The predicted molar refractivity (Wildman–Crippen MR) is 70.3 cm³/mol. The predicted octanol–water partition coefficient (Wildman–Crippen LogP) is 4.38. The lowest BCUT2D eigenvalue weighted by Crippen LogP contribution is -2.25. The van der Waals surface area contributed by atoms with Gasteiger partial charge in [-0.15, -0.1) is 0 Å². The average Bonchev–Trinajstić information content (AvgIpc) is 2.67. The number of nitrogens with two attached hydrogens (primary N) is 1. The maximum atomic E-state index is 13.6. The van der Waals surface area contributed by atoms with Gasteiger partial charge in [0.2, 0.25) is 0 Å². The van der Waals surface area contributed by atoms with Crippen molar-refractivity contribution in [1.82, 2.24) is 0 Å². The summed E-state index contributed by atoms with van der Waals surface area (Å²) in [5.74, 6) is 0.317. The Morgan fingerprint density at radius 3 is 2.53 bits per heavy atom. The Balaban J connectivity index is 2.59. The van der Waals surface area contributed by atoms with Crippen LogP contribution in [0.4, 0.5) is 4.39 Å². The van der Waals surface area contributed by atoms with E-state index in [4.69, 9.17) is 10.2 Å². The van der Waals surface area contributed by atoms with Crippen LogP contribution in [0, 0.1) is 11.2 Å². The molecule has 1 unspecified atom stereocenters. The van der Waals surface area contributed by atoms with E-state index in [0.717, 1.165) is 4.47 Å². The van der Waals surface area contributed by atoms with Gasteiger partial charge in [0.1, 0.15) is 11.6 Å². The summed E-state index contributed by atoms with van der Waals surface area (Å²) in [5.41, 5.74) is 6.49. The minimum atomic E-state index is -0.292. The molecule has 0 radical (unpaired) electrons. The molecule has 92 valence electrons. The van der Waals surface area contributed by atoms with E-state index >= 15 is 0 Å². The zero-order valence-electron chi connectivity index (χ0n) is 10.1. The number of hydrogen-bond donors (Lipinski definition) is 1. The first-order valence-electron chi connectivity index (χ1n) is 5.43. The third-order valence-corrected chi connectivity index (χ3v) is 3.47. The van der Waals surface area contributed by atoms with Crippen LogP contribution in [0.2, 0.25) is 0 Å². The van der Waals surface area contributed by atoms with Crippen molar-refractivity contribution in [1.29, 1.82) is 0 Å². The van der Waals surface area contributed by atoms with Gasteiger partial charge in [-0.25, -0.2) is 4.39 Å². The fraction of sp³-hybridized carbons (Fsp3) is 0.385. The normalized spacial score (nSPS) is 14.2. The first-order valence-corrected chi connectivity index (χ1v) is 6.23. The van der Waals surface area contributed by atoms with Crippen LogP contribution < -0.4 is 5.73 Å². The first-order chi connectivity index (χ1) is 7.80. The molecule has 2 aromatic rings. The molecular weight excluding hydrogens is 285 g/mol. The summed E-state index contributed by atoms with van der Waals surface area (Å²) in [4.78, 5) is 0. The molecule has 17 heavy (non-hydrogen) atoms. The monoisotopic (exact) mass is 299 g/mol. The van der Waals surface area contributed by atoms with Crippen LogP contribution in [0.3, 0.4) is 0 Å². The molecule has 2 rings (SSSR count). The minimum Gasteiger partial charge on any atom is -0.458 e. The summed E-state index contributed by atoms with van der Waals surface area (Å²) in [6.45, 7) is 6.07. The number of fused-ring (bicyclic) bond motifs is 1. The molecule has 0 aliphatic carbocycles. The average molecular weight is 300 g/mol. The van der Waals surface area contributed by atoms with Gasteiger partial charge in [0, 0.05) is 0 Å². The molecule has 0 saturated heterocycles. The van der Waals surface area contributed by atoms with E-state index in [0.29, 0.717) is 16.7 Å². The van der Waals surface area contributed by atoms with Gasteiger partial charge in [-0.3, -0.25) is 0 Å². The topological polar surface area (TPSA) is 39.2 Å². The van der Waals surface area contributed by atoms with Crippen LogP contribution in [0.5, 0.6) is 0 Å². The molecular formula is C13H15BrFNO. The van der Waals surface area contributed by atoms with Crippen LogP contribution in [-0.2, 0) is 0 Å². The van der Waals surface area contributed by atoms with Crippen molar-refractivity contribution in [3.63, 3.8) is 0 Å². The molecule has 1 aromatic heterocycles. The van der Waals surface area contributed by atoms with Crippen molar-refractivity contribution in [2.75, 3.05) is 0 Å². The third kappa shape index (κ3) is 2.24. The quantitative estimate of drug-likeness (QED) is 0.849. The molecule has 2 nitrogen and oxygen atoms in total. The van der Waals surface area contributed by atoms with E-state index in [2.05, 4.69) is 15.9 Å². The summed E-state index contributed by atoms with van der Waals surface area (Å²) in [6, 6.07) is 4.47. The van der Waals surface area contributed by atoms with Crippen molar-refractivity contribution in [2.24, 2.45) is 11.1 Å². The standard InChI is InChI=1S/C13H15BrFNO/c1-13(2,3)12(16)10-6-7-9(15)5-4-8(14)11(7)17-10/h4-6,12H,16H2,1-3H3. The molecule has 4 heteroatoms. The fourth-order valence-corrected chi connectivity index (χ4v) is 2.08. The minimum absolute atomic E-state index is 0.128. The third-order valence-electron chi connectivity index (χ3n) is 2.84. The Kier molecular flexibility index (Phi) is 3.04. The summed E-state index contributed by atoms with van der Waals surface area (Å²) >= 11 is 3.34. The highest BCUT2D eigenvalue weighted by Crippen LogP contribution is 2.36. The van der Waals surface area contributed by atoms with Crippen molar-refractivity contribution in [3.05, 3.63) is 34.2 Å². The van der Waals surface area contributed by atoms with Crippen LogP contribution >= 0.6 is 15.9 Å². The lowest BCUT2D eigenvalue weighted by molar-refractivity contribution is 0.290. The molecule has 0 aliphatic heterocycles. The number of rotatable bonds is 1. The highest BCUT2D eigenvalue weighted by Gasteiger charge is 2.26. The summed E-state index contributed by atoms with van der Waals surface area (Å²) in [6.07, 6.45) is 0. The molecule has 0 bridgehead atoms. The van der Waals surface area contributed by atoms with E-state index in [1.165, 1.54) is 6.07 Å². The van der Waals surface area contributed by atoms with Gasteiger partial charge in [0.15, 0.2) is 5.58 Å². The van der Waals surface area contributed by atoms with Gasteiger partial charge in [-0.05, 0) is 39.5 Å². The molecule has 1 atom stereocenters. The van der Waals surface area contributed by atoms with E-state index in [9.17, 15) is 4.39 Å². The Morgan fingerprint density at radius 2 is 2.00 bits per heavy atom. The largest absolute Gasteiger partial charge is 0.458 e. The molecule has 0 fully saturated rings. The Morgan fingerprint density at radius 1 is 1.35 bits per heavy atom. The van der Waals surface area contributed by atoms with Crippen LogP contribution in [0.1, 0.15) is 32.6 Å². The van der Waals surface area contributed by atoms with Crippen molar-refractivity contribution in [2.45, 2.75) is 26.8 Å². The Bertz CT molecular complexity index is 517. The zero-order chi connectivity index (χ0) is 12.8. The number of halogens is 2. The zero-order valence-corrected chi connectivity index (χ0v) is 11.6. The number of furan rings is 1. The molecule has 2 N–H and O–H groups in total. The van der Waals surface area contributed by atoms with Crippen molar-refractivity contribution < 1.29 is 8.81 Å². The van der Waals surface area contributed by atoms with E-state index in [-0.39, 0.29) is 17.3 Å². The molecule has 1 aromatic carbocycles. The second kappa shape index (κ2) is 4.10. The summed E-state index contributed by atoms with van der Waals surface area (Å²) < 4.78 is 20.0. The van der Waals surface area contributed by atoms with Gasteiger partial charge >= 0.3 is 0 Å². The summed E-state index contributed by atoms with van der Waals surface area (Å²) in [7, 11) is 0. The number of benzene rings is 1. The van der Waals surface area contributed by atoms with Crippen LogP contribution in [0.25, 0.3) is 11.0 Å². The number of hydrogen-bond acceptors (Lipinski definition) is 2. The van der Waals surface area contributed by atoms with Gasteiger partial charge in [-0.2, -0.15) is 0 Å². The molecule has 0 spiro atoms. The van der Waals surface area contributed by atoms with E-state index in [1.807, 2.05) is 20.8 Å². The Hall–Kier alpha value is -0.870. The van der Waals surface area contributed by atoms with Crippen LogP contribution in [-0.4, -0.2) is 0 Å². The second-order valence-corrected chi connectivity index (χ2v) is 6.12. The highest BCUT2D eigenvalue weighted by molar-refractivity contribution is 9.10. The van der Waals surface area contributed by atoms with Crippen molar-refractivity contribution in [3.8, 4) is 0 Å². The molecule has 0 saturated carbocycles. The second-order valence-electron chi connectivity index (χ2n) is 5.26. The SMILES string of the molecule is CC(C)(C)C(N)c1cc2c(F)ccc(Br)c2o1. The van der Waals surface area contributed by atoms with Gasteiger partial charge in [0.25, 0.3) is 0 Å². The lowest BCUT2D eigenvalue weighted by Gasteiger charge is -2.24. The van der Waals surface area contributed by atoms with Crippen molar-refractivity contribution >= 4 is 26.9 Å². The summed E-state index contributed by atoms with van der Waals surface area (Å²) in [5, 5.41) is 0.467. The Labute approximate surface area is 108 Å². The first kappa shape index (κ1) is 12.6. The molecule has 1 heterocycles. The van der Waals surface area contributed by atoms with Gasteiger partial charge < -0.3 is 10.2 Å². The fourth-order valence-electron chi connectivity index (χ4n) is 1.66. The lowest BCUT2D eigenvalue weighted by atomic mass is 9.86.